The van der Waals surface area contributed by atoms with E-state index in [-0.39, 0.29) is 22.9 Å². The van der Waals surface area contributed by atoms with Gasteiger partial charge in [0.1, 0.15) is 4.83 Å². The Hall–Kier alpha value is -3.27. The molecule has 1 aliphatic rings. The number of aromatic nitrogens is 4. The number of halogens is 1. The Labute approximate surface area is 212 Å². The summed E-state index contributed by atoms with van der Waals surface area (Å²) in [4.78, 5) is 41.7. The van der Waals surface area contributed by atoms with E-state index in [1.54, 1.807) is 64.3 Å². The number of rotatable bonds is 5. The lowest BCUT2D eigenvalue weighted by Gasteiger charge is -2.09. The number of carbonyl (C=O) groups excluding carboxylic acids is 2. The minimum Gasteiger partial charge on any atom is -0.293 e. The van der Waals surface area contributed by atoms with Crippen LogP contribution in [0.2, 0.25) is 5.02 Å². The average molecular weight is 521 g/mol. The number of Topliss-reactive ketones (excluding diaryl/α,β-unsaturated/α-hetero) is 1. The summed E-state index contributed by atoms with van der Waals surface area (Å²) in [5, 5.41) is 10.1. The zero-order chi connectivity index (χ0) is 24.1. The fourth-order valence-corrected chi connectivity index (χ4v) is 6.78. The molecule has 7 nitrogen and oxygen atoms in total. The van der Waals surface area contributed by atoms with E-state index in [1.165, 1.54) is 11.8 Å². The van der Waals surface area contributed by atoms with E-state index in [0.29, 0.717) is 26.7 Å². The van der Waals surface area contributed by atoms with Crippen LogP contribution in [0.15, 0.2) is 64.5 Å². The highest BCUT2D eigenvalue weighted by atomic mass is 35.5. The lowest BCUT2D eigenvalue weighted by atomic mass is 10.1. The highest BCUT2D eigenvalue weighted by Gasteiger charge is 2.28. The molecule has 174 valence electrons. The molecule has 0 amide bonds. The van der Waals surface area contributed by atoms with Gasteiger partial charge in [-0.25, -0.2) is 8.97 Å². The molecule has 0 spiro atoms. The minimum absolute atomic E-state index is 0.0815. The van der Waals surface area contributed by atoms with E-state index in [0.717, 1.165) is 39.1 Å². The number of aryl methyl sites for hydroxylation is 2. The number of thiophene rings is 1. The van der Waals surface area contributed by atoms with Crippen molar-refractivity contribution in [2.75, 3.05) is 5.75 Å². The van der Waals surface area contributed by atoms with E-state index >= 15 is 0 Å². The zero-order valence-electron chi connectivity index (χ0n) is 18.2. The molecule has 0 saturated heterocycles. The molecule has 35 heavy (non-hydrogen) atoms. The monoisotopic (exact) mass is 520 g/mol. The predicted molar refractivity (Wildman–Crippen MR) is 137 cm³/mol. The van der Waals surface area contributed by atoms with Gasteiger partial charge < -0.3 is 0 Å². The molecule has 2 aromatic carbocycles. The minimum atomic E-state index is -0.457. The van der Waals surface area contributed by atoms with Crippen LogP contribution in [0.5, 0.6) is 0 Å². The van der Waals surface area contributed by atoms with Crippen molar-refractivity contribution < 1.29 is 9.59 Å². The van der Waals surface area contributed by atoms with Gasteiger partial charge >= 0.3 is 0 Å². The lowest BCUT2D eigenvalue weighted by molar-refractivity contribution is 0.0958. The molecule has 5 aromatic rings. The van der Waals surface area contributed by atoms with Crippen molar-refractivity contribution in [3.63, 3.8) is 0 Å². The standard InChI is InChI=1S/C25H17ClN4O3S2/c26-16-11-9-14(10-12-16)18(31)13-34-25-28-27-24-29(21(32)15-5-2-1-3-6-15)22(33)20-17-7-4-8-19(17)35-23(20)30(24)25/h1-3,5-6,9-12H,4,7-8,13H2. The maximum Gasteiger partial charge on any atom is 0.271 e. The molecule has 0 radical (unpaired) electrons. The molecule has 3 heterocycles. The van der Waals surface area contributed by atoms with Gasteiger partial charge in [0.2, 0.25) is 5.78 Å². The Balaban J connectivity index is 1.49. The molecule has 0 aliphatic heterocycles. The molecule has 0 bridgehead atoms. The summed E-state index contributed by atoms with van der Waals surface area (Å²) in [5.41, 5.74) is 1.57. The Morgan fingerprint density at radius 3 is 2.54 bits per heavy atom. The van der Waals surface area contributed by atoms with Crippen LogP contribution in [0.25, 0.3) is 16.0 Å². The van der Waals surface area contributed by atoms with E-state index in [4.69, 9.17) is 11.6 Å². The molecule has 0 atom stereocenters. The molecular weight excluding hydrogens is 504 g/mol. The van der Waals surface area contributed by atoms with Crippen molar-refractivity contribution in [1.82, 2.24) is 19.2 Å². The fraction of sp³-hybridized carbons (Fsp3) is 0.160. The summed E-state index contributed by atoms with van der Waals surface area (Å²) in [6.07, 6.45) is 2.69. The van der Waals surface area contributed by atoms with Gasteiger partial charge in [-0.3, -0.25) is 14.4 Å². The molecule has 0 fully saturated rings. The highest BCUT2D eigenvalue weighted by Crippen LogP contribution is 2.37. The van der Waals surface area contributed by atoms with Crippen LogP contribution in [0.3, 0.4) is 0 Å². The third-order valence-electron chi connectivity index (χ3n) is 6.06. The van der Waals surface area contributed by atoms with Crippen molar-refractivity contribution in [3.05, 3.63) is 91.5 Å². The van der Waals surface area contributed by atoms with Gasteiger partial charge in [-0.1, -0.05) is 41.6 Å². The topological polar surface area (TPSA) is 86.3 Å². The van der Waals surface area contributed by atoms with Crippen LogP contribution in [0.1, 0.15) is 37.6 Å². The number of hydrogen-bond acceptors (Lipinski definition) is 7. The van der Waals surface area contributed by atoms with E-state index in [2.05, 4.69) is 10.2 Å². The Kier molecular flexibility index (Phi) is 5.55. The van der Waals surface area contributed by atoms with Gasteiger partial charge in [-0.05, 0) is 61.2 Å². The number of fused-ring (bicyclic) bond motifs is 5. The van der Waals surface area contributed by atoms with Gasteiger partial charge in [0.15, 0.2) is 10.9 Å². The molecule has 0 unspecified atom stereocenters. The first-order valence-electron chi connectivity index (χ1n) is 11.0. The zero-order valence-corrected chi connectivity index (χ0v) is 20.6. The first-order chi connectivity index (χ1) is 17.0. The lowest BCUT2D eigenvalue weighted by Crippen LogP contribution is -2.29. The number of nitrogens with zero attached hydrogens (tertiary/aromatic N) is 4. The van der Waals surface area contributed by atoms with Crippen molar-refractivity contribution in [1.29, 1.82) is 0 Å². The van der Waals surface area contributed by atoms with Crippen LogP contribution in [0.4, 0.5) is 0 Å². The van der Waals surface area contributed by atoms with Gasteiger partial charge in [0.25, 0.3) is 11.5 Å². The van der Waals surface area contributed by atoms with Crippen molar-refractivity contribution in [3.8, 4) is 0 Å². The number of ketones is 1. The summed E-state index contributed by atoms with van der Waals surface area (Å²) < 4.78 is 2.86. The van der Waals surface area contributed by atoms with Crippen LogP contribution >= 0.6 is 34.7 Å². The number of benzene rings is 2. The number of hydrogen-bond donors (Lipinski definition) is 0. The van der Waals surface area contributed by atoms with Crippen molar-refractivity contribution in [2.24, 2.45) is 0 Å². The second-order valence-electron chi connectivity index (χ2n) is 8.19. The van der Waals surface area contributed by atoms with Crippen LogP contribution in [-0.2, 0) is 12.8 Å². The molecule has 0 N–H and O–H groups in total. The predicted octanol–water partition coefficient (Wildman–Crippen LogP) is 4.91. The fourth-order valence-electron chi connectivity index (χ4n) is 4.39. The van der Waals surface area contributed by atoms with Gasteiger partial charge in [-0.2, -0.15) is 0 Å². The SMILES string of the molecule is O=C(CSc1nnc2n(C(=O)c3ccccc3)c(=O)c3c4c(sc3n12)CCC4)c1ccc(Cl)cc1. The molecular formula is C25H17ClN4O3S2. The van der Waals surface area contributed by atoms with Crippen LogP contribution in [0, 0.1) is 0 Å². The summed E-state index contributed by atoms with van der Waals surface area (Å²) in [6, 6.07) is 15.4. The quantitative estimate of drug-likeness (QED) is 0.242. The van der Waals surface area contributed by atoms with Crippen molar-refractivity contribution >= 4 is 62.4 Å². The average Bonchev–Trinajstić information content (AvgIpc) is 3.58. The Bertz CT molecular complexity index is 1690. The van der Waals surface area contributed by atoms with Gasteiger partial charge in [-0.15, -0.1) is 21.5 Å². The number of carbonyl (C=O) groups is 2. The molecule has 3 aromatic heterocycles. The van der Waals surface area contributed by atoms with Crippen LogP contribution in [-0.4, -0.2) is 36.6 Å². The Morgan fingerprint density at radius 1 is 1.00 bits per heavy atom. The molecule has 6 rings (SSSR count). The maximum atomic E-state index is 13.7. The maximum absolute atomic E-state index is 13.7. The van der Waals surface area contributed by atoms with E-state index in [1.807, 2.05) is 6.07 Å². The summed E-state index contributed by atoms with van der Waals surface area (Å²) in [6.45, 7) is 0. The first-order valence-corrected chi connectivity index (χ1v) is 13.2. The van der Waals surface area contributed by atoms with E-state index in [9.17, 15) is 14.4 Å². The third-order valence-corrected chi connectivity index (χ3v) is 8.52. The summed E-state index contributed by atoms with van der Waals surface area (Å²) >= 11 is 8.70. The normalized spacial score (nSPS) is 12.9. The molecule has 1 aliphatic carbocycles. The second kappa shape index (κ2) is 8.75. The number of thioether (sulfide) groups is 1. The molecule has 10 heteroatoms. The summed E-state index contributed by atoms with van der Waals surface area (Å²) in [7, 11) is 0. The third kappa shape index (κ3) is 3.71. The van der Waals surface area contributed by atoms with Gasteiger partial charge in [0, 0.05) is 21.0 Å². The smallest absolute Gasteiger partial charge is 0.271 e. The molecule has 0 saturated carbocycles. The first kappa shape index (κ1) is 22.2. The van der Waals surface area contributed by atoms with E-state index < -0.39 is 5.91 Å². The van der Waals surface area contributed by atoms with Crippen LogP contribution < -0.4 is 5.56 Å². The van der Waals surface area contributed by atoms with Crippen molar-refractivity contribution in [2.45, 2.75) is 24.4 Å². The Morgan fingerprint density at radius 2 is 1.77 bits per heavy atom. The van der Waals surface area contributed by atoms with Gasteiger partial charge in [0.05, 0.1) is 11.1 Å². The summed E-state index contributed by atoms with van der Waals surface area (Å²) in [5.74, 6) is -0.262. The second-order valence-corrected chi connectivity index (χ2v) is 10.6. The largest absolute Gasteiger partial charge is 0.293 e. The highest BCUT2D eigenvalue weighted by molar-refractivity contribution is 7.99.